The van der Waals surface area contributed by atoms with Crippen molar-refractivity contribution in [1.29, 1.82) is 0 Å². The summed E-state index contributed by atoms with van der Waals surface area (Å²) in [5.74, 6) is -0.392. The largest absolute Gasteiger partial charge is 0.376 e. The van der Waals surface area contributed by atoms with E-state index in [1.807, 2.05) is 42.5 Å². The molecule has 2 amide bonds. The van der Waals surface area contributed by atoms with Gasteiger partial charge in [-0.2, -0.15) is 0 Å². The molecule has 0 aliphatic heterocycles. The fourth-order valence-electron chi connectivity index (χ4n) is 3.97. The molecule has 3 N–H and O–H groups in total. The number of halogens is 1. The zero-order valence-electron chi connectivity index (χ0n) is 17.3. The van der Waals surface area contributed by atoms with Gasteiger partial charge in [0, 0.05) is 17.4 Å². The SMILES string of the molecule is O=C(CNc1ccc2ccccc2c1)Nc1ccc(Cl)c(C(=O)NC2CCCCC2)c1. The van der Waals surface area contributed by atoms with Gasteiger partial charge in [0.15, 0.2) is 0 Å². The molecule has 1 fully saturated rings. The number of carbonyl (C=O) groups excluding carboxylic acids is 2. The van der Waals surface area contributed by atoms with Crippen LogP contribution in [-0.4, -0.2) is 24.4 Å². The van der Waals surface area contributed by atoms with E-state index >= 15 is 0 Å². The molecule has 1 aliphatic carbocycles. The van der Waals surface area contributed by atoms with E-state index < -0.39 is 0 Å². The van der Waals surface area contributed by atoms with Crippen LogP contribution in [0, 0.1) is 0 Å². The minimum absolute atomic E-state index is 0.116. The van der Waals surface area contributed by atoms with E-state index in [0.717, 1.165) is 42.1 Å². The van der Waals surface area contributed by atoms with Gasteiger partial charge in [-0.3, -0.25) is 9.59 Å². The molecule has 0 heterocycles. The standard InChI is InChI=1S/C25H26ClN3O2/c26-23-13-12-21(15-22(23)25(31)29-19-8-2-1-3-9-19)28-24(30)16-27-20-11-10-17-6-4-5-7-18(17)14-20/h4-7,10-15,19,27H,1-3,8-9,16H2,(H,28,30)(H,29,31). The van der Waals surface area contributed by atoms with Crippen molar-refractivity contribution in [3.8, 4) is 0 Å². The van der Waals surface area contributed by atoms with Crippen LogP contribution >= 0.6 is 11.6 Å². The summed E-state index contributed by atoms with van der Waals surface area (Å²) in [7, 11) is 0. The first-order chi connectivity index (χ1) is 15.1. The maximum absolute atomic E-state index is 12.7. The van der Waals surface area contributed by atoms with Crippen molar-refractivity contribution in [2.24, 2.45) is 0 Å². The average Bonchev–Trinajstić information content (AvgIpc) is 2.79. The van der Waals surface area contributed by atoms with Crippen molar-refractivity contribution in [3.05, 3.63) is 71.2 Å². The summed E-state index contributed by atoms with van der Waals surface area (Å²) < 4.78 is 0. The second-order valence-corrected chi connectivity index (χ2v) is 8.37. The Morgan fingerprint density at radius 2 is 1.61 bits per heavy atom. The molecule has 0 bridgehead atoms. The molecule has 3 aromatic carbocycles. The molecule has 0 spiro atoms. The van der Waals surface area contributed by atoms with Crippen molar-refractivity contribution in [1.82, 2.24) is 5.32 Å². The molecule has 1 saturated carbocycles. The third kappa shape index (κ3) is 5.56. The van der Waals surface area contributed by atoms with Gasteiger partial charge < -0.3 is 16.0 Å². The highest BCUT2D eigenvalue weighted by molar-refractivity contribution is 6.34. The predicted molar refractivity (Wildman–Crippen MR) is 127 cm³/mol. The van der Waals surface area contributed by atoms with Gasteiger partial charge in [0.2, 0.25) is 5.91 Å². The van der Waals surface area contributed by atoms with E-state index in [2.05, 4.69) is 16.0 Å². The minimum Gasteiger partial charge on any atom is -0.376 e. The van der Waals surface area contributed by atoms with E-state index in [0.29, 0.717) is 16.3 Å². The zero-order chi connectivity index (χ0) is 21.6. The van der Waals surface area contributed by atoms with Crippen LogP contribution in [0.3, 0.4) is 0 Å². The molecule has 0 aromatic heterocycles. The topological polar surface area (TPSA) is 70.2 Å². The fourth-order valence-corrected chi connectivity index (χ4v) is 4.18. The second-order valence-electron chi connectivity index (χ2n) is 7.97. The molecule has 31 heavy (non-hydrogen) atoms. The summed E-state index contributed by atoms with van der Waals surface area (Å²) in [6.45, 7) is 0.116. The van der Waals surface area contributed by atoms with Crippen LogP contribution in [0.25, 0.3) is 10.8 Å². The molecule has 1 aliphatic rings. The van der Waals surface area contributed by atoms with E-state index in [-0.39, 0.29) is 24.4 Å². The van der Waals surface area contributed by atoms with Gasteiger partial charge >= 0.3 is 0 Å². The average molecular weight is 436 g/mol. The smallest absolute Gasteiger partial charge is 0.253 e. The normalized spacial score (nSPS) is 14.2. The zero-order valence-corrected chi connectivity index (χ0v) is 18.0. The molecule has 160 valence electrons. The fraction of sp³-hybridized carbons (Fsp3) is 0.280. The number of rotatable bonds is 6. The van der Waals surface area contributed by atoms with E-state index in [4.69, 9.17) is 11.6 Å². The molecule has 6 heteroatoms. The molecule has 4 rings (SSSR count). The summed E-state index contributed by atoms with van der Waals surface area (Å²) in [6, 6.07) is 19.2. The Morgan fingerprint density at radius 1 is 0.871 bits per heavy atom. The number of benzene rings is 3. The van der Waals surface area contributed by atoms with E-state index in [9.17, 15) is 9.59 Å². The monoisotopic (exact) mass is 435 g/mol. The van der Waals surface area contributed by atoms with Crippen LogP contribution < -0.4 is 16.0 Å². The third-order valence-corrected chi connectivity index (χ3v) is 5.97. The lowest BCUT2D eigenvalue weighted by atomic mass is 9.95. The van der Waals surface area contributed by atoms with Gasteiger partial charge in [0.05, 0.1) is 17.1 Å². The third-order valence-electron chi connectivity index (χ3n) is 5.64. The van der Waals surface area contributed by atoms with Crippen molar-refractivity contribution in [2.45, 2.75) is 38.1 Å². The van der Waals surface area contributed by atoms with Gasteiger partial charge in [-0.25, -0.2) is 0 Å². The Morgan fingerprint density at radius 3 is 2.42 bits per heavy atom. The highest BCUT2D eigenvalue weighted by Crippen LogP contribution is 2.23. The summed E-state index contributed by atoms with van der Waals surface area (Å²) in [5.41, 5.74) is 1.80. The van der Waals surface area contributed by atoms with Gasteiger partial charge in [-0.05, 0) is 53.9 Å². The lowest BCUT2D eigenvalue weighted by Gasteiger charge is -2.23. The number of fused-ring (bicyclic) bond motifs is 1. The van der Waals surface area contributed by atoms with Crippen molar-refractivity contribution in [2.75, 3.05) is 17.2 Å². The molecule has 0 unspecified atom stereocenters. The molecule has 3 aromatic rings. The molecular formula is C25H26ClN3O2. The quantitative estimate of drug-likeness (QED) is 0.471. The predicted octanol–water partition coefficient (Wildman–Crippen LogP) is 5.61. The first kappa shape index (κ1) is 21.2. The Kier molecular flexibility index (Phi) is 6.73. The number of carbonyl (C=O) groups is 2. The van der Waals surface area contributed by atoms with Crippen molar-refractivity contribution < 1.29 is 9.59 Å². The number of amides is 2. The molecule has 5 nitrogen and oxygen atoms in total. The number of hydrogen-bond donors (Lipinski definition) is 3. The summed E-state index contributed by atoms with van der Waals surface area (Å²) in [6.07, 6.45) is 5.50. The lowest BCUT2D eigenvalue weighted by molar-refractivity contribution is -0.114. The van der Waals surface area contributed by atoms with Gasteiger partial charge in [-0.15, -0.1) is 0 Å². The van der Waals surface area contributed by atoms with Crippen LogP contribution in [0.1, 0.15) is 42.5 Å². The molecule has 0 saturated heterocycles. The Hall–Kier alpha value is -3.05. The van der Waals surface area contributed by atoms with Gasteiger partial charge in [0.1, 0.15) is 0 Å². The molecule has 0 atom stereocenters. The van der Waals surface area contributed by atoms with Crippen LogP contribution in [-0.2, 0) is 4.79 Å². The lowest BCUT2D eigenvalue weighted by Crippen LogP contribution is -2.36. The van der Waals surface area contributed by atoms with Crippen LogP contribution in [0.15, 0.2) is 60.7 Å². The molecule has 0 radical (unpaired) electrons. The summed E-state index contributed by atoms with van der Waals surface area (Å²) >= 11 is 6.25. The number of hydrogen-bond acceptors (Lipinski definition) is 3. The van der Waals surface area contributed by atoms with Crippen molar-refractivity contribution in [3.63, 3.8) is 0 Å². The summed E-state index contributed by atoms with van der Waals surface area (Å²) in [5, 5.41) is 11.7. The van der Waals surface area contributed by atoms with Crippen LogP contribution in [0.2, 0.25) is 5.02 Å². The highest BCUT2D eigenvalue weighted by Gasteiger charge is 2.19. The number of nitrogens with one attached hydrogen (secondary N) is 3. The number of anilines is 2. The van der Waals surface area contributed by atoms with Crippen molar-refractivity contribution >= 4 is 45.6 Å². The van der Waals surface area contributed by atoms with Gasteiger partial charge in [0.25, 0.3) is 5.91 Å². The highest BCUT2D eigenvalue weighted by atomic mass is 35.5. The minimum atomic E-state index is -0.200. The Labute approximate surface area is 187 Å². The van der Waals surface area contributed by atoms with Crippen LogP contribution in [0.4, 0.5) is 11.4 Å². The maximum atomic E-state index is 12.7. The van der Waals surface area contributed by atoms with E-state index in [1.165, 1.54) is 6.42 Å². The first-order valence-electron chi connectivity index (χ1n) is 10.7. The Bertz CT molecular complexity index is 1090. The summed E-state index contributed by atoms with van der Waals surface area (Å²) in [4.78, 5) is 25.1. The first-order valence-corrected chi connectivity index (χ1v) is 11.1. The molecular weight excluding hydrogens is 410 g/mol. The Balaban J connectivity index is 1.36. The van der Waals surface area contributed by atoms with E-state index in [1.54, 1.807) is 18.2 Å². The maximum Gasteiger partial charge on any atom is 0.253 e. The van der Waals surface area contributed by atoms with Gasteiger partial charge in [-0.1, -0.05) is 61.2 Å². The second kappa shape index (κ2) is 9.84. The van der Waals surface area contributed by atoms with Crippen LogP contribution in [0.5, 0.6) is 0 Å².